The van der Waals surface area contributed by atoms with Crippen LogP contribution in [0.3, 0.4) is 0 Å². The molecule has 2 N–H and O–H groups in total. The second kappa shape index (κ2) is 7.17. The maximum Gasteiger partial charge on any atom is 0.304 e. The van der Waals surface area contributed by atoms with Crippen LogP contribution in [0.25, 0.3) is 0 Å². The van der Waals surface area contributed by atoms with E-state index in [-0.39, 0.29) is 18.5 Å². The lowest BCUT2D eigenvalue weighted by molar-refractivity contribution is -0.387. The summed E-state index contributed by atoms with van der Waals surface area (Å²) in [5.74, 6) is -2.54. The van der Waals surface area contributed by atoms with Gasteiger partial charge in [0.2, 0.25) is 5.82 Å². The van der Waals surface area contributed by atoms with Crippen molar-refractivity contribution in [2.45, 2.75) is 19.3 Å². The van der Waals surface area contributed by atoms with Gasteiger partial charge in [-0.2, -0.15) is 4.39 Å². The fourth-order valence-corrected chi connectivity index (χ4v) is 1.50. The minimum absolute atomic E-state index is 0.0159. The van der Waals surface area contributed by atoms with Crippen LogP contribution < -0.4 is 5.32 Å². The highest BCUT2D eigenvalue weighted by atomic mass is 19.1. The first-order valence-corrected chi connectivity index (χ1v) is 5.85. The molecule has 0 unspecified atom stereocenters. The summed E-state index contributed by atoms with van der Waals surface area (Å²) in [6.45, 7) is 0.255. The fourth-order valence-electron chi connectivity index (χ4n) is 1.50. The Kier molecular flexibility index (Phi) is 5.57. The summed E-state index contributed by atoms with van der Waals surface area (Å²) < 4.78 is 13.3. The van der Waals surface area contributed by atoms with Crippen LogP contribution in [-0.2, 0) is 4.79 Å². The molecule has 0 aliphatic rings. The van der Waals surface area contributed by atoms with Crippen LogP contribution in [0.2, 0.25) is 0 Å². The third kappa shape index (κ3) is 4.63. The summed E-state index contributed by atoms with van der Waals surface area (Å²) in [6.07, 6.45) is 0.916. The molecule has 0 saturated carbocycles. The second-order valence-electron chi connectivity index (χ2n) is 4.03. The molecule has 1 amide bonds. The zero-order valence-electron chi connectivity index (χ0n) is 10.5. The minimum Gasteiger partial charge on any atom is -0.481 e. The number of halogens is 1. The van der Waals surface area contributed by atoms with Crippen molar-refractivity contribution in [1.82, 2.24) is 5.32 Å². The molecule has 0 radical (unpaired) electrons. The first-order valence-electron chi connectivity index (χ1n) is 5.85. The van der Waals surface area contributed by atoms with E-state index in [2.05, 4.69) is 5.32 Å². The fraction of sp³-hybridized carbons (Fsp3) is 0.333. The Balaban J connectivity index is 2.50. The van der Waals surface area contributed by atoms with E-state index in [1.54, 1.807) is 0 Å². The number of nitrogens with zero attached hydrogens (tertiary/aromatic N) is 1. The maximum atomic E-state index is 13.3. The van der Waals surface area contributed by atoms with Crippen molar-refractivity contribution >= 4 is 17.6 Å². The highest BCUT2D eigenvalue weighted by Crippen LogP contribution is 2.17. The Morgan fingerprint density at radius 3 is 2.60 bits per heavy atom. The van der Waals surface area contributed by atoms with Crippen molar-refractivity contribution in [1.29, 1.82) is 0 Å². The van der Waals surface area contributed by atoms with Gasteiger partial charge in [0.05, 0.1) is 4.92 Å². The Labute approximate surface area is 113 Å². The highest BCUT2D eigenvalue weighted by molar-refractivity contribution is 5.94. The predicted octanol–water partition coefficient (Wildman–Crippen LogP) is 1.72. The number of carbonyl (C=O) groups excluding carboxylic acids is 1. The molecule has 1 rings (SSSR count). The molecule has 1 aromatic carbocycles. The van der Waals surface area contributed by atoms with E-state index in [9.17, 15) is 24.1 Å². The summed E-state index contributed by atoms with van der Waals surface area (Å²) in [6, 6.07) is 2.88. The number of aliphatic carboxylic acids is 1. The van der Waals surface area contributed by atoms with E-state index >= 15 is 0 Å². The lowest BCUT2D eigenvalue weighted by atomic mass is 10.2. The molecule has 1 aromatic rings. The monoisotopic (exact) mass is 284 g/mol. The summed E-state index contributed by atoms with van der Waals surface area (Å²) in [5.41, 5.74) is -0.714. The lowest BCUT2D eigenvalue weighted by Crippen LogP contribution is -2.24. The molecular weight excluding hydrogens is 271 g/mol. The molecule has 0 aliphatic heterocycles. The molecule has 0 aliphatic carbocycles. The van der Waals surface area contributed by atoms with Crippen LogP contribution >= 0.6 is 0 Å². The van der Waals surface area contributed by atoms with E-state index in [1.165, 1.54) is 0 Å². The van der Waals surface area contributed by atoms with Crippen molar-refractivity contribution in [3.05, 3.63) is 39.7 Å². The van der Waals surface area contributed by atoms with Gasteiger partial charge in [-0.25, -0.2) is 0 Å². The molecule has 0 heterocycles. The topological polar surface area (TPSA) is 110 Å². The number of nitro benzene ring substituents is 1. The van der Waals surface area contributed by atoms with Gasteiger partial charge in [0, 0.05) is 24.6 Å². The van der Waals surface area contributed by atoms with Gasteiger partial charge in [-0.3, -0.25) is 19.7 Å². The van der Waals surface area contributed by atoms with Crippen LogP contribution in [0.15, 0.2) is 18.2 Å². The summed E-state index contributed by atoms with van der Waals surface area (Å²) in [5, 5.41) is 21.3. The number of hydrogen-bond acceptors (Lipinski definition) is 4. The van der Waals surface area contributed by atoms with Gasteiger partial charge in [-0.15, -0.1) is 0 Å². The number of amides is 1. The zero-order valence-corrected chi connectivity index (χ0v) is 10.5. The molecular formula is C12H13FN2O5. The summed E-state index contributed by atoms with van der Waals surface area (Å²) in [4.78, 5) is 31.4. The van der Waals surface area contributed by atoms with Crippen molar-refractivity contribution in [3.8, 4) is 0 Å². The van der Waals surface area contributed by atoms with Crippen molar-refractivity contribution in [2.24, 2.45) is 0 Å². The van der Waals surface area contributed by atoms with E-state index in [0.717, 1.165) is 18.2 Å². The maximum absolute atomic E-state index is 13.3. The molecule has 0 spiro atoms. The van der Waals surface area contributed by atoms with E-state index in [1.807, 2.05) is 0 Å². The Morgan fingerprint density at radius 2 is 2.05 bits per heavy atom. The lowest BCUT2D eigenvalue weighted by Gasteiger charge is -2.04. The molecule has 0 aromatic heterocycles. The molecule has 0 fully saturated rings. The van der Waals surface area contributed by atoms with Crippen LogP contribution in [-0.4, -0.2) is 28.5 Å². The number of benzene rings is 1. The molecule has 8 heteroatoms. The van der Waals surface area contributed by atoms with Crippen LogP contribution in [0.1, 0.15) is 29.6 Å². The number of carboxylic acids is 1. The zero-order chi connectivity index (χ0) is 15.1. The third-order valence-electron chi connectivity index (χ3n) is 2.51. The van der Waals surface area contributed by atoms with E-state index in [4.69, 9.17) is 5.11 Å². The number of nitro groups is 1. The van der Waals surface area contributed by atoms with Gasteiger partial charge in [-0.1, -0.05) is 0 Å². The van der Waals surface area contributed by atoms with Gasteiger partial charge in [-0.05, 0) is 25.0 Å². The summed E-state index contributed by atoms with van der Waals surface area (Å²) >= 11 is 0. The average Bonchev–Trinajstić information content (AvgIpc) is 2.37. The van der Waals surface area contributed by atoms with E-state index in [0.29, 0.717) is 12.8 Å². The summed E-state index contributed by atoms with van der Waals surface area (Å²) in [7, 11) is 0. The Hall–Kier alpha value is -2.51. The second-order valence-corrected chi connectivity index (χ2v) is 4.03. The van der Waals surface area contributed by atoms with Gasteiger partial charge >= 0.3 is 11.7 Å². The van der Waals surface area contributed by atoms with Gasteiger partial charge < -0.3 is 10.4 Å². The average molecular weight is 284 g/mol. The van der Waals surface area contributed by atoms with Crippen molar-refractivity contribution in [3.63, 3.8) is 0 Å². The molecule has 108 valence electrons. The van der Waals surface area contributed by atoms with Crippen molar-refractivity contribution < 1.29 is 24.0 Å². The molecule has 0 atom stereocenters. The highest BCUT2D eigenvalue weighted by Gasteiger charge is 2.16. The van der Waals surface area contributed by atoms with Crippen LogP contribution in [0, 0.1) is 15.9 Å². The number of hydrogen-bond donors (Lipinski definition) is 2. The number of rotatable bonds is 7. The Bertz CT molecular complexity index is 533. The van der Waals surface area contributed by atoms with Crippen LogP contribution in [0.5, 0.6) is 0 Å². The molecule has 20 heavy (non-hydrogen) atoms. The first kappa shape index (κ1) is 15.5. The number of carbonyl (C=O) groups is 2. The predicted molar refractivity (Wildman–Crippen MR) is 66.9 cm³/mol. The molecule has 7 nitrogen and oxygen atoms in total. The SMILES string of the molecule is O=C(O)CCCCNC(=O)c1ccc([N+](=O)[O-])c(F)c1. The van der Waals surface area contributed by atoms with Crippen molar-refractivity contribution in [2.75, 3.05) is 6.54 Å². The standard InChI is InChI=1S/C12H13FN2O5/c13-9-7-8(4-5-10(9)15(19)20)12(18)14-6-2-1-3-11(16)17/h4-5,7H,1-3,6H2,(H,14,18)(H,16,17). The molecule has 0 saturated heterocycles. The number of unbranched alkanes of at least 4 members (excludes halogenated alkanes) is 1. The smallest absolute Gasteiger partial charge is 0.304 e. The molecule has 0 bridgehead atoms. The van der Waals surface area contributed by atoms with Gasteiger partial charge in [0.15, 0.2) is 0 Å². The van der Waals surface area contributed by atoms with Crippen LogP contribution in [0.4, 0.5) is 10.1 Å². The van der Waals surface area contributed by atoms with Gasteiger partial charge in [0.1, 0.15) is 0 Å². The normalized spacial score (nSPS) is 10.1. The third-order valence-corrected chi connectivity index (χ3v) is 2.51. The number of nitrogens with one attached hydrogen (secondary N) is 1. The van der Waals surface area contributed by atoms with Gasteiger partial charge in [0.25, 0.3) is 5.91 Å². The largest absolute Gasteiger partial charge is 0.481 e. The van der Waals surface area contributed by atoms with E-state index < -0.39 is 28.3 Å². The minimum atomic E-state index is -1.08. The first-order chi connectivity index (χ1) is 9.41. The quantitative estimate of drug-likeness (QED) is 0.450. The Morgan fingerprint density at radius 1 is 1.35 bits per heavy atom. The number of carboxylic acid groups (broad SMARTS) is 1.